The first-order chi connectivity index (χ1) is 8.98. The number of hydrogen-bond donors (Lipinski definition) is 0. The number of aliphatic imine (C=N–C) groups is 1. The van der Waals surface area contributed by atoms with E-state index in [-0.39, 0.29) is 23.1 Å². The molecule has 0 aliphatic heterocycles. The van der Waals surface area contributed by atoms with Crippen molar-refractivity contribution in [1.82, 2.24) is 0 Å². The molecule has 0 spiro atoms. The van der Waals surface area contributed by atoms with Gasteiger partial charge in [-0.25, -0.2) is 8.78 Å². The van der Waals surface area contributed by atoms with E-state index in [0.29, 0.717) is 6.42 Å². The molecule has 0 radical (unpaired) electrons. The summed E-state index contributed by atoms with van der Waals surface area (Å²) in [5.74, 6) is -0.444. The monoisotopic (exact) mass is 261 g/mol. The second-order valence-electron chi connectivity index (χ2n) is 5.14. The summed E-state index contributed by atoms with van der Waals surface area (Å²) in [5, 5.41) is 0. The Labute approximate surface area is 112 Å². The van der Waals surface area contributed by atoms with Gasteiger partial charge in [-0.05, 0) is 43.2 Å². The Hall–Kier alpha value is -1.77. The maximum atomic E-state index is 12.9. The van der Waals surface area contributed by atoms with Crippen LogP contribution in [0.4, 0.5) is 8.78 Å². The van der Waals surface area contributed by atoms with Gasteiger partial charge in [0.1, 0.15) is 11.6 Å². The Morgan fingerprint density at radius 2 is 1.95 bits per heavy atom. The van der Waals surface area contributed by atoms with Crippen molar-refractivity contribution in [2.45, 2.75) is 26.3 Å². The maximum absolute atomic E-state index is 12.9. The molecule has 19 heavy (non-hydrogen) atoms. The zero-order chi connectivity index (χ0) is 13.9. The van der Waals surface area contributed by atoms with E-state index in [1.165, 1.54) is 18.2 Å². The van der Waals surface area contributed by atoms with Crippen LogP contribution in [0.15, 0.2) is 53.3 Å². The molecule has 1 aromatic rings. The van der Waals surface area contributed by atoms with E-state index in [1.807, 2.05) is 26.1 Å². The van der Waals surface area contributed by atoms with Crippen LogP contribution in [0.5, 0.6) is 0 Å². The fraction of sp³-hybridized carbons (Fsp3) is 0.312. The highest BCUT2D eigenvalue weighted by molar-refractivity contribution is 5.69. The first kappa shape index (κ1) is 13.7. The van der Waals surface area contributed by atoms with Crippen molar-refractivity contribution in [3.8, 4) is 0 Å². The lowest BCUT2D eigenvalue weighted by atomic mass is 9.85. The van der Waals surface area contributed by atoms with Crippen LogP contribution in [-0.2, 0) is 0 Å². The zero-order valence-electron chi connectivity index (χ0n) is 11.1. The van der Waals surface area contributed by atoms with E-state index in [2.05, 4.69) is 4.99 Å². The molecule has 1 aromatic carbocycles. The van der Waals surface area contributed by atoms with Crippen LogP contribution in [0.2, 0.25) is 0 Å². The van der Waals surface area contributed by atoms with Gasteiger partial charge in [-0.1, -0.05) is 25.1 Å². The highest BCUT2D eigenvalue weighted by Crippen LogP contribution is 2.29. The van der Waals surface area contributed by atoms with Gasteiger partial charge in [0, 0.05) is 11.6 Å². The first-order valence-electron chi connectivity index (χ1n) is 6.33. The normalized spacial score (nSPS) is 24.5. The van der Waals surface area contributed by atoms with Gasteiger partial charge in [0.2, 0.25) is 0 Å². The van der Waals surface area contributed by atoms with Gasteiger partial charge in [0.25, 0.3) is 0 Å². The van der Waals surface area contributed by atoms with Crippen molar-refractivity contribution in [3.63, 3.8) is 0 Å². The quantitative estimate of drug-likeness (QED) is 0.694. The molecule has 2 rings (SSSR count). The lowest BCUT2D eigenvalue weighted by Crippen LogP contribution is -2.16. The molecule has 0 saturated carbocycles. The number of benzene rings is 1. The van der Waals surface area contributed by atoms with Gasteiger partial charge in [-0.15, -0.1) is 0 Å². The summed E-state index contributed by atoms with van der Waals surface area (Å²) in [6, 6.07) is 6.29. The lowest BCUT2D eigenvalue weighted by Gasteiger charge is -2.22. The summed E-state index contributed by atoms with van der Waals surface area (Å²) >= 11 is 0. The molecular weight excluding hydrogens is 244 g/mol. The van der Waals surface area contributed by atoms with Crippen molar-refractivity contribution in [3.05, 3.63) is 59.7 Å². The molecule has 0 fully saturated rings. The molecule has 0 aromatic heterocycles. The smallest absolute Gasteiger partial charge is 0.123 e. The highest BCUT2D eigenvalue weighted by atomic mass is 19.1. The van der Waals surface area contributed by atoms with Crippen molar-refractivity contribution in [1.29, 1.82) is 0 Å². The molecule has 1 aliphatic carbocycles. The summed E-state index contributed by atoms with van der Waals surface area (Å²) in [6.07, 6.45) is 7.31. The Bertz CT molecular complexity index is 528. The minimum absolute atomic E-state index is 0.0402. The fourth-order valence-electron chi connectivity index (χ4n) is 1.93. The SMILES string of the molecule is CC(N=CC1(C)C=CC(F)=CC1)c1ccc(F)cc1. The molecule has 3 heteroatoms. The Morgan fingerprint density at radius 1 is 1.26 bits per heavy atom. The fourth-order valence-corrected chi connectivity index (χ4v) is 1.93. The number of nitrogens with zero attached hydrogens (tertiary/aromatic N) is 1. The summed E-state index contributed by atoms with van der Waals surface area (Å²) in [7, 11) is 0. The van der Waals surface area contributed by atoms with Crippen LogP contribution < -0.4 is 0 Å². The third-order valence-corrected chi connectivity index (χ3v) is 3.31. The number of hydrogen-bond acceptors (Lipinski definition) is 1. The standard InChI is InChI=1S/C16H17F2N/c1-12(13-3-5-14(17)6-4-13)19-11-16(2)9-7-15(18)8-10-16/h3-9,11-12H,10H2,1-2H3. The second-order valence-corrected chi connectivity index (χ2v) is 5.14. The van der Waals surface area contributed by atoms with E-state index in [0.717, 1.165) is 5.56 Å². The van der Waals surface area contributed by atoms with Crippen LogP contribution in [-0.4, -0.2) is 6.21 Å². The molecule has 1 nitrogen and oxygen atoms in total. The Morgan fingerprint density at radius 3 is 2.53 bits per heavy atom. The van der Waals surface area contributed by atoms with Crippen LogP contribution in [0, 0.1) is 11.2 Å². The van der Waals surface area contributed by atoms with Gasteiger partial charge >= 0.3 is 0 Å². The van der Waals surface area contributed by atoms with E-state index in [4.69, 9.17) is 0 Å². The molecule has 100 valence electrons. The topological polar surface area (TPSA) is 12.4 Å². The van der Waals surface area contributed by atoms with Crippen LogP contribution in [0.1, 0.15) is 31.9 Å². The van der Waals surface area contributed by atoms with Crippen LogP contribution in [0.25, 0.3) is 0 Å². The number of halogens is 2. The Balaban J connectivity index is 2.06. The highest BCUT2D eigenvalue weighted by Gasteiger charge is 2.20. The van der Waals surface area contributed by atoms with Crippen LogP contribution >= 0.6 is 0 Å². The lowest BCUT2D eigenvalue weighted by molar-refractivity contribution is 0.568. The zero-order valence-corrected chi connectivity index (χ0v) is 11.1. The van der Waals surface area contributed by atoms with E-state index in [9.17, 15) is 8.78 Å². The van der Waals surface area contributed by atoms with Gasteiger partial charge in [-0.3, -0.25) is 4.99 Å². The van der Waals surface area contributed by atoms with Gasteiger partial charge in [0.05, 0.1) is 6.04 Å². The van der Waals surface area contributed by atoms with Crippen molar-refractivity contribution in [2.75, 3.05) is 0 Å². The van der Waals surface area contributed by atoms with Gasteiger partial charge in [0.15, 0.2) is 0 Å². The first-order valence-corrected chi connectivity index (χ1v) is 6.33. The molecule has 0 amide bonds. The summed E-state index contributed by atoms with van der Waals surface area (Å²) in [4.78, 5) is 4.49. The molecule has 0 bridgehead atoms. The predicted octanol–water partition coefficient (Wildman–Crippen LogP) is 4.78. The predicted molar refractivity (Wildman–Crippen MR) is 74.4 cm³/mol. The van der Waals surface area contributed by atoms with Crippen LogP contribution in [0.3, 0.4) is 0 Å². The molecule has 0 N–H and O–H groups in total. The molecule has 2 unspecified atom stereocenters. The summed E-state index contributed by atoms with van der Waals surface area (Å²) in [5.41, 5.74) is 0.715. The third kappa shape index (κ3) is 3.60. The average molecular weight is 261 g/mol. The maximum Gasteiger partial charge on any atom is 0.123 e. The van der Waals surface area contributed by atoms with E-state index in [1.54, 1.807) is 18.2 Å². The number of rotatable bonds is 3. The van der Waals surface area contributed by atoms with E-state index < -0.39 is 0 Å². The largest absolute Gasteiger partial charge is 0.289 e. The minimum Gasteiger partial charge on any atom is -0.289 e. The summed E-state index contributed by atoms with van der Waals surface area (Å²) in [6.45, 7) is 3.96. The Kier molecular flexibility index (Phi) is 3.93. The molecule has 2 atom stereocenters. The van der Waals surface area contributed by atoms with Crippen molar-refractivity contribution < 1.29 is 8.78 Å². The van der Waals surface area contributed by atoms with Gasteiger partial charge < -0.3 is 0 Å². The summed E-state index contributed by atoms with van der Waals surface area (Å²) < 4.78 is 25.8. The minimum atomic E-state index is -0.247. The van der Waals surface area contributed by atoms with E-state index >= 15 is 0 Å². The van der Waals surface area contributed by atoms with Crippen molar-refractivity contribution >= 4 is 6.21 Å². The molecule has 0 saturated heterocycles. The average Bonchev–Trinajstić information content (AvgIpc) is 2.41. The third-order valence-electron chi connectivity index (χ3n) is 3.31. The molecular formula is C16H17F2N. The van der Waals surface area contributed by atoms with Gasteiger partial charge in [-0.2, -0.15) is 0 Å². The number of allylic oxidation sites excluding steroid dienone is 4. The molecule has 0 heterocycles. The molecule has 1 aliphatic rings. The second kappa shape index (κ2) is 5.47. The van der Waals surface area contributed by atoms with Crippen molar-refractivity contribution in [2.24, 2.45) is 10.4 Å².